The molecule has 0 aromatic heterocycles. The lowest BCUT2D eigenvalue weighted by Crippen LogP contribution is -2.56. The summed E-state index contributed by atoms with van der Waals surface area (Å²) in [4.78, 5) is 28.9. The average molecular weight is 677 g/mol. The molecule has 2 heterocycles. The van der Waals surface area contributed by atoms with E-state index in [1.807, 2.05) is 30.3 Å². The van der Waals surface area contributed by atoms with E-state index in [1.54, 1.807) is 11.0 Å². The number of nitrogens with zero attached hydrogens (tertiary/aromatic N) is 3. The summed E-state index contributed by atoms with van der Waals surface area (Å²) in [5.74, 6) is 0.351. The lowest BCUT2D eigenvalue weighted by atomic mass is 10.0. The molecule has 2 aliphatic rings. The van der Waals surface area contributed by atoms with Crippen LogP contribution < -0.4 is 14.5 Å². The summed E-state index contributed by atoms with van der Waals surface area (Å²) in [5.41, 5.74) is 2.66. The Balaban J connectivity index is 1.15. The fourth-order valence-electron chi connectivity index (χ4n) is 6.26. The Morgan fingerprint density at radius 2 is 1.61 bits per heavy atom. The molecule has 254 valence electrons. The van der Waals surface area contributed by atoms with Crippen LogP contribution in [0.5, 0.6) is 5.75 Å². The van der Waals surface area contributed by atoms with Crippen LogP contribution in [0, 0.1) is 5.21 Å². The van der Waals surface area contributed by atoms with Crippen LogP contribution in [0.4, 0.5) is 11.4 Å². The number of aryl methyl sites for hydroxylation is 1. The van der Waals surface area contributed by atoms with Gasteiger partial charge in [0.15, 0.2) is 6.73 Å². The molecule has 0 saturated carbocycles. The Morgan fingerprint density at radius 3 is 2.35 bits per heavy atom. The number of esters is 1. The summed E-state index contributed by atoms with van der Waals surface area (Å²) in [6.45, 7) is 5.45. The lowest BCUT2D eigenvalue weighted by molar-refractivity contribution is -0.881. The standard InChI is InChI=1S/C36H51Cl2N3O5/c1-2-3-4-5-6-7-8-9-10-16-35(43)46-28-40-33-27-30(19-17-29(33)18-20-34(40)42)45-26-12-11-23-41(44)24-21-39(22-25-41)32-15-13-14-31(37)36(32)38/h13-15,17,19,27H,2-12,16,18,20-26,28H2,1H3. The van der Waals surface area contributed by atoms with Crippen molar-refractivity contribution in [2.45, 2.75) is 96.8 Å². The van der Waals surface area contributed by atoms with Crippen LogP contribution in [0.15, 0.2) is 36.4 Å². The summed E-state index contributed by atoms with van der Waals surface area (Å²) in [6.07, 6.45) is 13.6. The van der Waals surface area contributed by atoms with Gasteiger partial charge in [-0.05, 0) is 43.0 Å². The quantitative estimate of drug-likeness (QED) is 0.0641. The molecule has 2 aromatic carbocycles. The molecular weight excluding hydrogens is 625 g/mol. The third-order valence-electron chi connectivity index (χ3n) is 9.15. The van der Waals surface area contributed by atoms with Gasteiger partial charge in [0.1, 0.15) is 5.75 Å². The lowest BCUT2D eigenvalue weighted by Gasteiger charge is -2.49. The molecule has 1 fully saturated rings. The fourth-order valence-corrected chi connectivity index (χ4v) is 6.68. The van der Waals surface area contributed by atoms with E-state index in [4.69, 9.17) is 32.7 Å². The van der Waals surface area contributed by atoms with E-state index in [1.165, 1.54) is 38.5 Å². The van der Waals surface area contributed by atoms with Gasteiger partial charge in [0.2, 0.25) is 5.91 Å². The molecule has 0 spiro atoms. The van der Waals surface area contributed by atoms with Crippen molar-refractivity contribution in [2.24, 2.45) is 0 Å². The molecule has 0 bridgehead atoms. The van der Waals surface area contributed by atoms with Gasteiger partial charge in [0, 0.05) is 25.3 Å². The highest BCUT2D eigenvalue weighted by Crippen LogP contribution is 2.34. The van der Waals surface area contributed by atoms with Gasteiger partial charge in [-0.1, -0.05) is 93.6 Å². The van der Waals surface area contributed by atoms with Crippen molar-refractivity contribution in [2.75, 3.05) is 55.9 Å². The number of amides is 1. The molecular formula is C36H51Cl2N3O5. The van der Waals surface area contributed by atoms with Gasteiger partial charge in [-0.15, -0.1) is 0 Å². The molecule has 4 rings (SSSR count). The summed E-state index contributed by atoms with van der Waals surface area (Å²) < 4.78 is 11.3. The zero-order chi connectivity index (χ0) is 32.8. The first-order valence-electron chi connectivity index (χ1n) is 17.3. The summed E-state index contributed by atoms with van der Waals surface area (Å²) >= 11 is 12.6. The number of hydrogen-bond donors (Lipinski definition) is 0. The number of benzene rings is 2. The number of fused-ring (bicyclic) bond motifs is 1. The van der Waals surface area contributed by atoms with Crippen LogP contribution >= 0.6 is 23.2 Å². The third kappa shape index (κ3) is 11.0. The zero-order valence-corrected chi connectivity index (χ0v) is 29.0. The van der Waals surface area contributed by atoms with Crippen LogP contribution in [0.1, 0.15) is 96.0 Å². The topological polar surface area (TPSA) is 82.1 Å². The maximum absolute atomic E-state index is 13.3. The normalized spacial score (nSPS) is 16.0. The van der Waals surface area contributed by atoms with Gasteiger partial charge in [-0.3, -0.25) is 14.5 Å². The van der Waals surface area contributed by atoms with Gasteiger partial charge in [-0.2, -0.15) is 0 Å². The second-order valence-electron chi connectivity index (χ2n) is 12.7. The highest BCUT2D eigenvalue weighted by atomic mass is 35.5. The molecule has 0 N–H and O–H groups in total. The maximum atomic E-state index is 13.3. The first-order chi connectivity index (χ1) is 22.3. The van der Waals surface area contributed by atoms with E-state index in [0.29, 0.717) is 74.4 Å². The van der Waals surface area contributed by atoms with Crippen molar-refractivity contribution in [3.8, 4) is 5.75 Å². The molecule has 2 aromatic rings. The summed E-state index contributed by atoms with van der Waals surface area (Å²) in [5, 5.41) is 14.4. The largest absolute Gasteiger partial charge is 0.633 e. The first-order valence-corrected chi connectivity index (χ1v) is 18.0. The van der Waals surface area contributed by atoms with Gasteiger partial charge in [0.05, 0.1) is 60.8 Å². The van der Waals surface area contributed by atoms with E-state index in [9.17, 15) is 14.8 Å². The highest BCUT2D eigenvalue weighted by Gasteiger charge is 2.27. The molecule has 1 saturated heterocycles. The van der Waals surface area contributed by atoms with Gasteiger partial charge < -0.3 is 24.2 Å². The van der Waals surface area contributed by atoms with Crippen LogP contribution in [0.2, 0.25) is 10.0 Å². The number of halogens is 2. The number of ether oxygens (including phenoxy) is 2. The SMILES string of the molecule is CCCCCCCCCCCC(=O)OCN1C(=O)CCc2ccc(OCCCC[N+]3([O-])CCN(c4cccc(Cl)c4Cl)CC3)cc21. The Morgan fingerprint density at radius 1 is 0.891 bits per heavy atom. The molecule has 46 heavy (non-hydrogen) atoms. The number of hydroxylamine groups is 3. The maximum Gasteiger partial charge on any atom is 0.307 e. The molecule has 8 nitrogen and oxygen atoms in total. The number of quaternary nitrogens is 1. The van der Waals surface area contributed by atoms with E-state index in [0.717, 1.165) is 49.0 Å². The smallest absolute Gasteiger partial charge is 0.307 e. The monoisotopic (exact) mass is 675 g/mol. The van der Waals surface area contributed by atoms with Gasteiger partial charge in [-0.25, -0.2) is 0 Å². The van der Waals surface area contributed by atoms with Gasteiger partial charge >= 0.3 is 5.97 Å². The first kappa shape index (κ1) is 36.3. The second kappa shape index (κ2) is 18.7. The number of hydrogen-bond acceptors (Lipinski definition) is 6. The fraction of sp³-hybridized carbons (Fsp3) is 0.611. The van der Waals surface area contributed by atoms with Crippen molar-refractivity contribution in [3.63, 3.8) is 0 Å². The Labute approximate surface area is 285 Å². The summed E-state index contributed by atoms with van der Waals surface area (Å²) in [7, 11) is 0. The van der Waals surface area contributed by atoms with Crippen molar-refractivity contribution >= 4 is 46.5 Å². The zero-order valence-electron chi connectivity index (χ0n) is 27.5. The molecule has 0 atom stereocenters. The van der Waals surface area contributed by atoms with Crippen molar-refractivity contribution < 1.29 is 23.7 Å². The second-order valence-corrected chi connectivity index (χ2v) is 13.5. The average Bonchev–Trinajstić information content (AvgIpc) is 3.05. The van der Waals surface area contributed by atoms with Crippen LogP contribution in [0.25, 0.3) is 0 Å². The minimum atomic E-state index is -0.260. The molecule has 1 amide bonds. The number of rotatable bonds is 19. The van der Waals surface area contributed by atoms with Gasteiger partial charge in [0.25, 0.3) is 0 Å². The number of piperazine rings is 1. The predicted octanol–water partition coefficient (Wildman–Crippen LogP) is 8.69. The number of anilines is 2. The van der Waals surface area contributed by atoms with E-state index in [2.05, 4.69) is 11.8 Å². The minimum absolute atomic E-state index is 0.0530. The molecule has 0 aliphatic carbocycles. The van der Waals surface area contributed by atoms with Crippen LogP contribution in [-0.2, 0) is 20.7 Å². The molecule has 10 heteroatoms. The Bertz CT molecular complexity index is 1270. The predicted molar refractivity (Wildman–Crippen MR) is 187 cm³/mol. The third-order valence-corrected chi connectivity index (χ3v) is 9.96. The minimum Gasteiger partial charge on any atom is -0.633 e. The highest BCUT2D eigenvalue weighted by molar-refractivity contribution is 6.43. The summed E-state index contributed by atoms with van der Waals surface area (Å²) in [6, 6.07) is 11.4. The number of unbranched alkanes of at least 4 members (excludes halogenated alkanes) is 9. The van der Waals surface area contributed by atoms with Crippen molar-refractivity contribution in [1.29, 1.82) is 0 Å². The van der Waals surface area contributed by atoms with E-state index < -0.39 is 0 Å². The van der Waals surface area contributed by atoms with E-state index >= 15 is 0 Å². The Hall–Kier alpha value is -2.52. The van der Waals surface area contributed by atoms with E-state index in [-0.39, 0.29) is 23.3 Å². The Kier molecular flexibility index (Phi) is 14.8. The number of carbonyl (C=O) groups excluding carboxylic acids is 2. The number of carbonyl (C=O) groups is 2. The van der Waals surface area contributed by atoms with Crippen LogP contribution in [0.3, 0.4) is 0 Å². The van der Waals surface area contributed by atoms with Crippen molar-refractivity contribution in [1.82, 2.24) is 0 Å². The molecule has 0 unspecified atom stereocenters. The van der Waals surface area contributed by atoms with Crippen molar-refractivity contribution in [3.05, 3.63) is 57.2 Å². The molecule has 2 aliphatic heterocycles. The van der Waals surface area contributed by atoms with Crippen LogP contribution in [-0.4, -0.2) is 62.6 Å². The molecule has 0 radical (unpaired) electrons.